The third-order valence-electron chi connectivity index (χ3n) is 3.60. The molecule has 0 aliphatic carbocycles. The average Bonchev–Trinajstić information content (AvgIpc) is 2.57. The predicted octanol–water partition coefficient (Wildman–Crippen LogP) is 3.64. The zero-order chi connectivity index (χ0) is 24.3. The van der Waals surface area contributed by atoms with Crippen molar-refractivity contribution in [3.8, 4) is 0 Å². The molecule has 8 nitrogen and oxygen atoms in total. The van der Waals surface area contributed by atoms with E-state index in [4.69, 9.17) is 4.55 Å². The summed E-state index contributed by atoms with van der Waals surface area (Å²) in [5.74, 6) is -5.17. The first-order valence-electron chi connectivity index (χ1n) is 7.91. The van der Waals surface area contributed by atoms with Crippen LogP contribution in [0.15, 0.2) is 30.9 Å². The fraction of sp³-hybridized carbons (Fsp3) is 0.375. The number of amides is 1. The minimum absolute atomic E-state index is 0.00135. The van der Waals surface area contributed by atoms with Crippen molar-refractivity contribution in [1.82, 2.24) is 0 Å². The zero-order valence-corrected chi connectivity index (χ0v) is 16.3. The van der Waals surface area contributed by atoms with Gasteiger partial charge >= 0.3 is 30.0 Å². The molecule has 0 heterocycles. The fourth-order valence-corrected chi connectivity index (χ4v) is 3.06. The second kappa shape index (κ2) is 9.13. The van der Waals surface area contributed by atoms with Gasteiger partial charge in [-0.1, -0.05) is 12.7 Å². The Bertz CT molecular complexity index is 942. The quantitative estimate of drug-likeness (QED) is 0.265. The van der Waals surface area contributed by atoms with Crippen molar-refractivity contribution in [1.29, 1.82) is 0 Å². The van der Waals surface area contributed by atoms with E-state index in [1.54, 1.807) is 0 Å². The first-order chi connectivity index (χ1) is 13.9. The molecule has 0 unspecified atom stereocenters. The molecule has 1 rings (SSSR count). The Morgan fingerprint density at radius 2 is 1.71 bits per heavy atom. The molecule has 15 heteroatoms. The molecule has 0 spiro atoms. The largest absolute Gasteiger partial charge is 0.445 e. The normalized spacial score (nSPS) is 12.8. The van der Waals surface area contributed by atoms with Crippen LogP contribution >= 0.6 is 0 Å². The average molecular weight is 479 g/mol. The van der Waals surface area contributed by atoms with Crippen LogP contribution in [0.1, 0.15) is 15.9 Å². The number of rotatable bonds is 7. The number of benzene rings is 1. The highest BCUT2D eigenvalue weighted by Crippen LogP contribution is 2.47. The summed E-state index contributed by atoms with van der Waals surface area (Å²) in [7, 11) is -5.90. The van der Waals surface area contributed by atoms with Crippen molar-refractivity contribution in [3.05, 3.63) is 42.0 Å². The van der Waals surface area contributed by atoms with E-state index in [9.17, 15) is 44.3 Å². The molecule has 0 fully saturated rings. The molecule has 1 aromatic carbocycles. The van der Waals surface area contributed by atoms with Gasteiger partial charge in [-0.2, -0.15) is 34.8 Å². The molecule has 0 aliphatic heterocycles. The lowest BCUT2D eigenvalue weighted by Gasteiger charge is -2.35. The van der Waals surface area contributed by atoms with Gasteiger partial charge in [0, 0.05) is 5.69 Å². The second-order valence-corrected chi connectivity index (χ2v) is 7.43. The molecule has 1 amide bonds. The Kier molecular flexibility index (Phi) is 7.73. The van der Waals surface area contributed by atoms with Gasteiger partial charge in [-0.25, -0.2) is 9.59 Å². The maximum Gasteiger partial charge on any atom is 0.438 e. The van der Waals surface area contributed by atoms with E-state index >= 15 is 0 Å². The SMILES string of the molecule is C=CCOC(=O)Nc1ccc(C(=O)OC(CS(=O)(=O)O)(C(F)(F)F)C(F)(F)F)cc1C. The molecule has 0 aliphatic rings. The lowest BCUT2D eigenvalue weighted by atomic mass is 10.0. The molecular formula is C16H15F6NO7S. The van der Waals surface area contributed by atoms with Crippen LogP contribution in [-0.4, -0.2) is 55.3 Å². The highest BCUT2D eigenvalue weighted by molar-refractivity contribution is 7.85. The molecule has 31 heavy (non-hydrogen) atoms. The molecule has 0 saturated carbocycles. The minimum atomic E-state index is -6.44. The van der Waals surface area contributed by atoms with Gasteiger partial charge in [-0.15, -0.1) is 0 Å². The second-order valence-electron chi connectivity index (χ2n) is 5.98. The third-order valence-corrected chi connectivity index (χ3v) is 4.37. The van der Waals surface area contributed by atoms with Gasteiger partial charge in [0.15, 0.2) is 0 Å². The zero-order valence-electron chi connectivity index (χ0n) is 15.5. The minimum Gasteiger partial charge on any atom is -0.445 e. The Hall–Kier alpha value is -2.81. The van der Waals surface area contributed by atoms with Crippen LogP contribution in [0.5, 0.6) is 0 Å². The molecule has 0 saturated heterocycles. The molecule has 0 bridgehead atoms. The number of alkyl halides is 6. The van der Waals surface area contributed by atoms with Crippen LogP contribution in [0.25, 0.3) is 0 Å². The summed E-state index contributed by atoms with van der Waals surface area (Å²) in [5.41, 5.74) is -6.33. The Labute approximate surface area is 171 Å². The summed E-state index contributed by atoms with van der Waals surface area (Å²) in [6.45, 7) is 4.40. The van der Waals surface area contributed by atoms with E-state index in [1.807, 2.05) is 0 Å². The Balaban J connectivity index is 3.29. The molecule has 0 aromatic heterocycles. The number of ether oxygens (including phenoxy) is 2. The lowest BCUT2D eigenvalue weighted by molar-refractivity contribution is -0.356. The van der Waals surface area contributed by atoms with Gasteiger partial charge in [0.2, 0.25) is 0 Å². The number of hydrogen-bond acceptors (Lipinski definition) is 6. The monoisotopic (exact) mass is 479 g/mol. The Morgan fingerprint density at radius 3 is 2.13 bits per heavy atom. The van der Waals surface area contributed by atoms with Crippen molar-refractivity contribution in [2.24, 2.45) is 0 Å². The van der Waals surface area contributed by atoms with Crippen LogP contribution in [0.3, 0.4) is 0 Å². The summed E-state index contributed by atoms with van der Waals surface area (Å²) in [4.78, 5) is 23.5. The van der Waals surface area contributed by atoms with Gasteiger partial charge in [0.05, 0.1) is 5.56 Å². The summed E-state index contributed by atoms with van der Waals surface area (Å²) in [6, 6.07) is 2.48. The van der Waals surface area contributed by atoms with Crippen LogP contribution < -0.4 is 5.32 Å². The lowest BCUT2D eigenvalue weighted by Crippen LogP contribution is -2.63. The van der Waals surface area contributed by atoms with E-state index < -0.39 is 51.5 Å². The van der Waals surface area contributed by atoms with Crippen LogP contribution in [0.4, 0.5) is 36.8 Å². The van der Waals surface area contributed by atoms with Gasteiger partial charge in [0.25, 0.3) is 10.1 Å². The molecule has 2 N–H and O–H groups in total. The molecule has 0 radical (unpaired) electrons. The number of halogens is 6. The molecule has 1 aromatic rings. The Morgan fingerprint density at radius 1 is 1.16 bits per heavy atom. The van der Waals surface area contributed by atoms with E-state index in [1.165, 1.54) is 13.0 Å². The van der Waals surface area contributed by atoms with Gasteiger partial charge in [-0.05, 0) is 30.7 Å². The molecule has 174 valence electrons. The van der Waals surface area contributed by atoms with Crippen LogP contribution in [0.2, 0.25) is 0 Å². The maximum atomic E-state index is 13.2. The van der Waals surface area contributed by atoms with Crippen molar-refractivity contribution in [3.63, 3.8) is 0 Å². The maximum absolute atomic E-state index is 13.2. The van der Waals surface area contributed by atoms with Gasteiger partial charge in [0.1, 0.15) is 12.4 Å². The van der Waals surface area contributed by atoms with Crippen molar-refractivity contribution >= 4 is 27.9 Å². The van der Waals surface area contributed by atoms with Crippen LogP contribution in [-0.2, 0) is 19.6 Å². The number of nitrogens with one attached hydrogen (secondary N) is 1. The van der Waals surface area contributed by atoms with Crippen molar-refractivity contribution in [2.75, 3.05) is 17.7 Å². The van der Waals surface area contributed by atoms with E-state index in [0.29, 0.717) is 0 Å². The summed E-state index contributed by atoms with van der Waals surface area (Å²) < 4.78 is 118. The summed E-state index contributed by atoms with van der Waals surface area (Å²) in [5, 5.41) is 2.21. The number of carbonyl (C=O) groups excluding carboxylic acids is 2. The van der Waals surface area contributed by atoms with Crippen molar-refractivity contribution in [2.45, 2.75) is 24.9 Å². The molecule has 0 atom stereocenters. The smallest absolute Gasteiger partial charge is 0.438 e. The van der Waals surface area contributed by atoms with E-state index in [0.717, 1.165) is 18.2 Å². The number of anilines is 1. The number of esters is 1. The first-order valence-corrected chi connectivity index (χ1v) is 9.52. The highest BCUT2D eigenvalue weighted by Gasteiger charge is 2.76. The first kappa shape index (κ1) is 26.2. The van der Waals surface area contributed by atoms with Gasteiger partial charge < -0.3 is 9.47 Å². The summed E-state index contributed by atoms with van der Waals surface area (Å²) in [6.07, 6.45) is -12.6. The third kappa shape index (κ3) is 6.58. The number of carbonyl (C=O) groups is 2. The molecular weight excluding hydrogens is 464 g/mol. The van der Waals surface area contributed by atoms with E-state index in [-0.39, 0.29) is 17.9 Å². The topological polar surface area (TPSA) is 119 Å². The summed E-state index contributed by atoms with van der Waals surface area (Å²) >= 11 is 0. The number of aryl methyl sites for hydroxylation is 1. The van der Waals surface area contributed by atoms with Crippen LogP contribution in [0, 0.1) is 6.92 Å². The van der Waals surface area contributed by atoms with Gasteiger partial charge in [-0.3, -0.25) is 9.87 Å². The predicted molar refractivity (Wildman–Crippen MR) is 93.0 cm³/mol. The standard InChI is InChI=1S/C16H15F6NO7S/c1-3-6-29-13(25)23-11-5-4-10(7-9(11)2)12(24)30-14(15(17,18)19,16(20,21)22)8-31(26,27)28/h3-5,7H,1,6,8H2,2H3,(H,23,25)(H,26,27,28). The fourth-order valence-electron chi connectivity index (χ4n) is 2.16. The highest BCUT2D eigenvalue weighted by atomic mass is 32.2. The van der Waals surface area contributed by atoms with E-state index in [2.05, 4.69) is 21.4 Å². The number of hydrogen-bond donors (Lipinski definition) is 2. The van der Waals surface area contributed by atoms with Crippen molar-refractivity contribution < 1.29 is 58.4 Å².